The van der Waals surface area contributed by atoms with Crippen molar-refractivity contribution in [3.63, 3.8) is 0 Å². The van der Waals surface area contributed by atoms with Gasteiger partial charge in [-0.15, -0.1) is 0 Å². The van der Waals surface area contributed by atoms with Crippen molar-refractivity contribution in [2.75, 3.05) is 25.7 Å². The van der Waals surface area contributed by atoms with Crippen LogP contribution in [0.1, 0.15) is 36.2 Å². The normalized spacial score (nSPS) is 14.1. The van der Waals surface area contributed by atoms with Crippen molar-refractivity contribution >= 4 is 9.84 Å². The molecule has 7 heteroatoms. The zero-order valence-electron chi connectivity index (χ0n) is 15.4. The molecule has 4 nitrogen and oxygen atoms in total. The largest absolute Gasteiger partial charge is 0.377 e. The number of sulfone groups is 1. The maximum atomic E-state index is 13.9. The van der Waals surface area contributed by atoms with Crippen molar-refractivity contribution in [3.05, 3.63) is 71.3 Å². The summed E-state index contributed by atoms with van der Waals surface area (Å²) in [6, 6.07) is 12.3. The second kappa shape index (κ2) is 9.92. The van der Waals surface area contributed by atoms with Gasteiger partial charge >= 0.3 is 0 Å². The molecule has 0 amide bonds. The highest BCUT2D eigenvalue weighted by molar-refractivity contribution is 7.91. The Balaban J connectivity index is 1.98. The molecular weight excluding hydrogens is 374 g/mol. The lowest BCUT2D eigenvalue weighted by atomic mass is 10.1. The molecule has 0 aromatic heterocycles. The summed E-state index contributed by atoms with van der Waals surface area (Å²) in [5.41, 5.74) is 0.660. The van der Waals surface area contributed by atoms with Crippen LogP contribution in [-0.4, -0.2) is 34.1 Å². The fourth-order valence-electron chi connectivity index (χ4n) is 2.95. The molecule has 2 unspecified atom stereocenters. The highest BCUT2D eigenvalue weighted by atomic mass is 32.2. The van der Waals surface area contributed by atoms with E-state index < -0.39 is 33.7 Å². The van der Waals surface area contributed by atoms with E-state index in [0.29, 0.717) is 11.1 Å². The number of hydrogen-bond donors (Lipinski definition) is 0. The van der Waals surface area contributed by atoms with Gasteiger partial charge in [0.2, 0.25) is 0 Å². The van der Waals surface area contributed by atoms with Gasteiger partial charge in [0, 0.05) is 25.3 Å². The molecule has 0 aliphatic rings. The van der Waals surface area contributed by atoms with Crippen LogP contribution >= 0.6 is 0 Å². The molecule has 2 aromatic carbocycles. The molecule has 0 spiro atoms. The number of ether oxygens (including phenoxy) is 2. The van der Waals surface area contributed by atoms with Crippen molar-refractivity contribution in [3.8, 4) is 0 Å². The van der Waals surface area contributed by atoms with Crippen molar-refractivity contribution in [2.24, 2.45) is 0 Å². The van der Waals surface area contributed by atoms with Gasteiger partial charge in [-0.3, -0.25) is 0 Å². The lowest BCUT2D eigenvalue weighted by Crippen LogP contribution is -2.18. The Hall–Kier alpha value is -1.83. The summed E-state index contributed by atoms with van der Waals surface area (Å²) >= 11 is 0. The van der Waals surface area contributed by atoms with E-state index >= 15 is 0 Å². The smallest absolute Gasteiger partial charge is 0.150 e. The maximum absolute atomic E-state index is 13.9. The van der Waals surface area contributed by atoms with Crippen LogP contribution < -0.4 is 0 Å². The van der Waals surface area contributed by atoms with Crippen LogP contribution in [-0.2, 0) is 19.3 Å². The molecule has 0 radical (unpaired) electrons. The third-order valence-corrected chi connectivity index (χ3v) is 6.17. The van der Waals surface area contributed by atoms with Gasteiger partial charge in [0.05, 0.1) is 23.7 Å². The molecule has 0 fully saturated rings. The Morgan fingerprint density at radius 1 is 0.778 bits per heavy atom. The van der Waals surface area contributed by atoms with Gasteiger partial charge in [-0.05, 0) is 25.0 Å². The van der Waals surface area contributed by atoms with Crippen LogP contribution in [0.3, 0.4) is 0 Å². The topological polar surface area (TPSA) is 52.6 Å². The number of methoxy groups -OCH3 is 2. The zero-order valence-corrected chi connectivity index (χ0v) is 16.2. The molecule has 0 aliphatic carbocycles. The van der Waals surface area contributed by atoms with E-state index in [1.165, 1.54) is 26.4 Å². The summed E-state index contributed by atoms with van der Waals surface area (Å²) in [4.78, 5) is 0. The molecule has 0 heterocycles. The SMILES string of the molecule is COC(CCS(=O)(=O)CCC(OC)c1ccccc1F)c1ccccc1F. The molecule has 0 saturated carbocycles. The van der Waals surface area contributed by atoms with E-state index in [-0.39, 0.29) is 24.3 Å². The summed E-state index contributed by atoms with van der Waals surface area (Å²) < 4.78 is 63.1. The van der Waals surface area contributed by atoms with E-state index in [9.17, 15) is 17.2 Å². The minimum absolute atomic E-state index is 0.136. The first-order valence-corrected chi connectivity index (χ1v) is 10.4. The molecule has 2 rings (SSSR count). The average Bonchev–Trinajstić information content (AvgIpc) is 2.65. The molecule has 2 aromatic rings. The van der Waals surface area contributed by atoms with Crippen molar-refractivity contribution < 1.29 is 26.7 Å². The summed E-state index contributed by atoms with van der Waals surface area (Å²) in [5, 5.41) is 0. The summed E-state index contributed by atoms with van der Waals surface area (Å²) in [7, 11) is -0.599. The minimum Gasteiger partial charge on any atom is -0.377 e. The molecule has 0 N–H and O–H groups in total. The Bertz CT molecular complexity index is 776. The highest BCUT2D eigenvalue weighted by Crippen LogP contribution is 2.26. The van der Waals surface area contributed by atoms with Crippen molar-refractivity contribution in [1.82, 2.24) is 0 Å². The van der Waals surface area contributed by atoms with Gasteiger partial charge in [-0.1, -0.05) is 36.4 Å². The number of halogens is 2. The Morgan fingerprint density at radius 3 is 1.48 bits per heavy atom. The zero-order chi connectivity index (χ0) is 19.9. The monoisotopic (exact) mass is 398 g/mol. The lowest BCUT2D eigenvalue weighted by molar-refractivity contribution is 0.0960. The maximum Gasteiger partial charge on any atom is 0.150 e. The van der Waals surface area contributed by atoms with Crippen molar-refractivity contribution in [2.45, 2.75) is 25.0 Å². The van der Waals surface area contributed by atoms with E-state index in [1.54, 1.807) is 36.4 Å². The molecule has 2 atom stereocenters. The Kier molecular flexibility index (Phi) is 7.89. The number of rotatable bonds is 10. The van der Waals surface area contributed by atoms with E-state index in [1.807, 2.05) is 0 Å². The third kappa shape index (κ3) is 6.09. The van der Waals surface area contributed by atoms with Crippen LogP contribution in [0.25, 0.3) is 0 Å². The van der Waals surface area contributed by atoms with Gasteiger partial charge in [0.25, 0.3) is 0 Å². The first-order valence-electron chi connectivity index (χ1n) is 8.63. The number of benzene rings is 2. The van der Waals surface area contributed by atoms with Crippen LogP contribution in [0.4, 0.5) is 8.78 Å². The molecule has 0 bridgehead atoms. The molecule has 148 valence electrons. The Morgan fingerprint density at radius 2 is 1.15 bits per heavy atom. The summed E-state index contributed by atoms with van der Waals surface area (Å²) in [5.74, 6) is -1.18. The van der Waals surface area contributed by atoms with Gasteiger partial charge < -0.3 is 9.47 Å². The standard InChI is InChI=1S/C20H24F2O4S/c1-25-19(15-7-3-5-9-17(15)21)11-13-27(23,24)14-12-20(26-2)16-8-4-6-10-18(16)22/h3-10,19-20H,11-14H2,1-2H3. The summed E-state index contributed by atoms with van der Waals surface area (Å²) in [6.45, 7) is 0. The molecular formula is C20H24F2O4S. The predicted molar refractivity (Wildman–Crippen MR) is 100 cm³/mol. The lowest BCUT2D eigenvalue weighted by Gasteiger charge is -2.18. The van der Waals surface area contributed by atoms with Crippen LogP contribution in [0.15, 0.2) is 48.5 Å². The van der Waals surface area contributed by atoms with Crippen molar-refractivity contribution in [1.29, 1.82) is 0 Å². The molecule has 27 heavy (non-hydrogen) atoms. The average molecular weight is 398 g/mol. The highest BCUT2D eigenvalue weighted by Gasteiger charge is 2.22. The van der Waals surface area contributed by atoms with Crippen LogP contribution in [0.2, 0.25) is 0 Å². The minimum atomic E-state index is -3.44. The van der Waals surface area contributed by atoms with Crippen LogP contribution in [0, 0.1) is 11.6 Å². The fraction of sp³-hybridized carbons (Fsp3) is 0.400. The quantitative estimate of drug-likeness (QED) is 0.601. The second-order valence-electron chi connectivity index (χ2n) is 6.22. The van der Waals surface area contributed by atoms with Gasteiger partial charge in [-0.2, -0.15) is 0 Å². The summed E-state index contributed by atoms with van der Waals surface area (Å²) in [6.07, 6.45) is -1.02. The molecule has 0 saturated heterocycles. The van der Waals surface area contributed by atoms with Gasteiger partial charge in [0.15, 0.2) is 9.84 Å². The van der Waals surface area contributed by atoms with Crippen LogP contribution in [0.5, 0.6) is 0 Å². The predicted octanol–water partition coefficient (Wildman–Crippen LogP) is 4.24. The van der Waals surface area contributed by atoms with E-state index in [4.69, 9.17) is 9.47 Å². The molecule has 0 aliphatic heterocycles. The third-order valence-electron chi connectivity index (χ3n) is 4.46. The van der Waals surface area contributed by atoms with Gasteiger partial charge in [-0.25, -0.2) is 17.2 Å². The van der Waals surface area contributed by atoms with E-state index in [2.05, 4.69) is 0 Å². The fourth-order valence-corrected chi connectivity index (χ4v) is 4.30. The first-order chi connectivity index (χ1) is 12.9. The first kappa shape index (κ1) is 21.5. The second-order valence-corrected chi connectivity index (χ2v) is 8.52. The van der Waals surface area contributed by atoms with E-state index in [0.717, 1.165) is 0 Å². The number of hydrogen-bond acceptors (Lipinski definition) is 4. The van der Waals surface area contributed by atoms with Gasteiger partial charge in [0.1, 0.15) is 11.6 Å². The Labute approximate surface area is 159 Å².